The van der Waals surface area contributed by atoms with Crippen LogP contribution in [0.15, 0.2) is 66.7 Å². The van der Waals surface area contributed by atoms with E-state index in [1.807, 2.05) is 54.2 Å². The van der Waals surface area contributed by atoms with Gasteiger partial charge in [-0.2, -0.15) is 11.8 Å². The Bertz CT molecular complexity index is 1060. The highest BCUT2D eigenvalue weighted by molar-refractivity contribution is 7.98. The summed E-state index contributed by atoms with van der Waals surface area (Å²) in [7, 11) is 1.69. The van der Waals surface area contributed by atoms with Crippen molar-refractivity contribution in [3.05, 3.63) is 72.3 Å². The van der Waals surface area contributed by atoms with Crippen LogP contribution in [0, 0.1) is 0 Å². The number of nitrogen functional groups attached to an aromatic ring is 1. The smallest absolute Gasteiger partial charge is 0.124 e. The summed E-state index contributed by atoms with van der Waals surface area (Å²) >= 11 is 3.59. The molecule has 0 bridgehead atoms. The van der Waals surface area contributed by atoms with E-state index in [2.05, 4.69) is 29.6 Å². The molecule has 0 fully saturated rings. The Morgan fingerprint density at radius 2 is 1.90 bits per heavy atom. The van der Waals surface area contributed by atoms with Crippen LogP contribution >= 0.6 is 23.1 Å². The summed E-state index contributed by atoms with van der Waals surface area (Å²) in [6, 6.07) is 22.5. The fourth-order valence-corrected chi connectivity index (χ4v) is 4.80. The van der Waals surface area contributed by atoms with E-state index < -0.39 is 0 Å². The zero-order valence-electron chi connectivity index (χ0n) is 16.2. The molecular formula is C23H23N3OS2. The number of rotatable bonds is 8. The van der Waals surface area contributed by atoms with Crippen LogP contribution in [0.4, 0.5) is 11.4 Å². The number of para-hydroxylation sites is 1. The topological polar surface area (TPSA) is 60.2 Å². The van der Waals surface area contributed by atoms with Gasteiger partial charge in [-0.05, 0) is 48.0 Å². The maximum Gasteiger partial charge on any atom is 0.124 e. The van der Waals surface area contributed by atoms with E-state index in [9.17, 15) is 0 Å². The van der Waals surface area contributed by atoms with Crippen LogP contribution in [-0.4, -0.2) is 24.4 Å². The Labute approximate surface area is 179 Å². The molecule has 3 N–H and O–H groups in total. The molecule has 0 atom stereocenters. The lowest BCUT2D eigenvalue weighted by molar-refractivity contribution is 0.414. The maximum atomic E-state index is 6.28. The minimum atomic E-state index is 0.752. The molecule has 0 saturated carbocycles. The number of nitrogens with zero attached hydrogens (tertiary/aromatic N) is 1. The molecule has 0 radical (unpaired) electrons. The number of thioether (sulfide) groups is 1. The van der Waals surface area contributed by atoms with Crippen molar-refractivity contribution in [2.45, 2.75) is 5.75 Å². The lowest BCUT2D eigenvalue weighted by atomic mass is 10.2. The molecule has 0 aliphatic heterocycles. The summed E-state index contributed by atoms with van der Waals surface area (Å²) in [5, 5.41) is 4.44. The number of methoxy groups -OCH3 is 1. The van der Waals surface area contributed by atoms with Gasteiger partial charge >= 0.3 is 0 Å². The molecule has 29 heavy (non-hydrogen) atoms. The van der Waals surface area contributed by atoms with Crippen LogP contribution in [0.3, 0.4) is 0 Å². The predicted octanol–water partition coefficient (Wildman–Crippen LogP) is 5.90. The molecule has 6 heteroatoms. The van der Waals surface area contributed by atoms with Crippen molar-refractivity contribution in [2.24, 2.45) is 0 Å². The number of aromatic nitrogens is 1. The number of thiazole rings is 1. The van der Waals surface area contributed by atoms with Crippen LogP contribution in [0.2, 0.25) is 0 Å². The highest BCUT2D eigenvalue weighted by atomic mass is 32.2. The Morgan fingerprint density at radius 3 is 2.66 bits per heavy atom. The van der Waals surface area contributed by atoms with Gasteiger partial charge in [-0.3, -0.25) is 0 Å². The Hall–Kier alpha value is -2.70. The highest BCUT2D eigenvalue weighted by Crippen LogP contribution is 2.33. The first-order valence-corrected chi connectivity index (χ1v) is 11.4. The fourth-order valence-electron chi connectivity index (χ4n) is 3.02. The molecule has 4 aromatic rings. The Kier molecular flexibility index (Phi) is 6.22. The van der Waals surface area contributed by atoms with Gasteiger partial charge in [-0.15, -0.1) is 11.3 Å². The molecule has 4 nitrogen and oxygen atoms in total. The molecule has 0 spiro atoms. The lowest BCUT2D eigenvalue weighted by Crippen LogP contribution is -2.06. The summed E-state index contributed by atoms with van der Waals surface area (Å²) in [5.41, 5.74) is 11.4. The van der Waals surface area contributed by atoms with Crippen LogP contribution in [0.1, 0.15) is 5.56 Å². The van der Waals surface area contributed by atoms with Gasteiger partial charge in [0.2, 0.25) is 0 Å². The first kappa shape index (κ1) is 19.6. The number of ether oxygens (including phenoxy) is 1. The first-order chi connectivity index (χ1) is 14.2. The number of hydrogen-bond acceptors (Lipinski definition) is 6. The third-order valence-electron chi connectivity index (χ3n) is 4.58. The molecule has 0 amide bonds. The molecule has 0 saturated heterocycles. The minimum Gasteiger partial charge on any atom is -0.497 e. The molecule has 0 aliphatic rings. The quantitative estimate of drug-likeness (QED) is 0.274. The van der Waals surface area contributed by atoms with Crippen LogP contribution in [-0.2, 0) is 5.75 Å². The van der Waals surface area contributed by atoms with E-state index in [0.717, 1.165) is 51.3 Å². The van der Waals surface area contributed by atoms with Crippen molar-refractivity contribution >= 4 is 44.7 Å². The van der Waals surface area contributed by atoms with Gasteiger partial charge in [-0.1, -0.05) is 24.3 Å². The Balaban J connectivity index is 1.30. The van der Waals surface area contributed by atoms with E-state index >= 15 is 0 Å². The summed E-state index contributed by atoms with van der Waals surface area (Å²) in [5.74, 6) is 2.88. The van der Waals surface area contributed by atoms with Crippen LogP contribution < -0.4 is 15.8 Å². The minimum absolute atomic E-state index is 0.752. The van der Waals surface area contributed by atoms with Gasteiger partial charge in [-0.25, -0.2) is 4.98 Å². The van der Waals surface area contributed by atoms with Crippen LogP contribution in [0.5, 0.6) is 5.75 Å². The van der Waals surface area contributed by atoms with Crippen LogP contribution in [0.25, 0.3) is 20.8 Å². The number of benzene rings is 3. The summed E-state index contributed by atoms with van der Waals surface area (Å²) in [6.07, 6.45) is 0. The van der Waals surface area contributed by atoms with E-state index in [4.69, 9.17) is 15.5 Å². The van der Waals surface area contributed by atoms with Gasteiger partial charge in [0, 0.05) is 23.6 Å². The normalized spacial score (nSPS) is 10.9. The number of anilines is 2. The standard InChI is InChI=1S/C23H23N3OS2/c1-27-18-9-6-16(7-10-18)15-28-13-12-25-20-11-8-17(14-19(20)24)23-26-21-4-2-3-5-22(21)29-23/h2-11,14,25H,12-13,15,24H2,1H3. The molecule has 3 aromatic carbocycles. The second-order valence-electron chi connectivity index (χ2n) is 6.62. The van der Waals surface area contributed by atoms with Gasteiger partial charge < -0.3 is 15.8 Å². The zero-order chi connectivity index (χ0) is 20.1. The van der Waals surface area contributed by atoms with Crippen molar-refractivity contribution in [1.82, 2.24) is 4.98 Å². The summed E-state index contributed by atoms with van der Waals surface area (Å²) in [6.45, 7) is 0.867. The van der Waals surface area contributed by atoms with Gasteiger partial charge in [0.05, 0.1) is 28.7 Å². The van der Waals surface area contributed by atoms with E-state index in [0.29, 0.717) is 0 Å². The maximum absolute atomic E-state index is 6.28. The van der Waals surface area contributed by atoms with Crippen molar-refractivity contribution < 1.29 is 4.74 Å². The summed E-state index contributed by atoms with van der Waals surface area (Å²) in [4.78, 5) is 4.71. The van der Waals surface area contributed by atoms with Crippen molar-refractivity contribution in [2.75, 3.05) is 30.5 Å². The Morgan fingerprint density at radius 1 is 1.07 bits per heavy atom. The highest BCUT2D eigenvalue weighted by Gasteiger charge is 2.08. The third kappa shape index (κ3) is 4.83. The average Bonchev–Trinajstić information content (AvgIpc) is 3.19. The summed E-state index contributed by atoms with van der Waals surface area (Å²) < 4.78 is 6.38. The molecular weight excluding hydrogens is 398 g/mol. The monoisotopic (exact) mass is 421 g/mol. The van der Waals surface area contributed by atoms with Crippen molar-refractivity contribution in [3.8, 4) is 16.3 Å². The molecule has 1 aromatic heterocycles. The second-order valence-corrected chi connectivity index (χ2v) is 8.75. The van der Waals surface area contributed by atoms with Gasteiger partial charge in [0.15, 0.2) is 0 Å². The average molecular weight is 422 g/mol. The molecule has 1 heterocycles. The number of nitrogens with two attached hydrogens (primary N) is 1. The molecule has 4 rings (SSSR count). The van der Waals surface area contributed by atoms with Gasteiger partial charge in [0.1, 0.15) is 10.8 Å². The number of nitrogens with one attached hydrogen (secondary N) is 1. The van der Waals surface area contributed by atoms with Crippen molar-refractivity contribution in [3.63, 3.8) is 0 Å². The van der Waals surface area contributed by atoms with Crippen molar-refractivity contribution in [1.29, 1.82) is 0 Å². The predicted molar refractivity (Wildman–Crippen MR) is 127 cm³/mol. The second kappa shape index (κ2) is 9.20. The number of fused-ring (bicyclic) bond motifs is 1. The fraction of sp³-hybridized carbons (Fsp3) is 0.174. The molecule has 0 unspecified atom stereocenters. The SMILES string of the molecule is COc1ccc(CSCCNc2ccc(-c3nc4ccccc4s3)cc2N)cc1. The van der Waals surface area contributed by atoms with Gasteiger partial charge in [0.25, 0.3) is 0 Å². The molecule has 0 aliphatic carbocycles. The number of hydrogen-bond donors (Lipinski definition) is 2. The zero-order valence-corrected chi connectivity index (χ0v) is 17.9. The molecule has 148 valence electrons. The third-order valence-corrected chi connectivity index (χ3v) is 6.70. The van der Waals surface area contributed by atoms with E-state index in [-0.39, 0.29) is 0 Å². The lowest BCUT2D eigenvalue weighted by Gasteiger charge is -2.10. The van der Waals surface area contributed by atoms with E-state index in [1.54, 1.807) is 18.4 Å². The first-order valence-electron chi connectivity index (χ1n) is 9.43. The largest absolute Gasteiger partial charge is 0.497 e. The van der Waals surface area contributed by atoms with E-state index in [1.165, 1.54) is 10.3 Å².